The predicted molar refractivity (Wildman–Crippen MR) is 109 cm³/mol. The van der Waals surface area contributed by atoms with Gasteiger partial charge >= 0.3 is 0 Å². The SMILES string of the molecule is COc1ccc(CNC(=O)c2cc(NCc3ccccc3F)ccn2)cc1OC. The number of anilines is 1. The number of carbonyl (C=O) groups is 1. The van der Waals surface area contributed by atoms with Crippen LogP contribution in [0, 0.1) is 5.82 Å². The van der Waals surface area contributed by atoms with E-state index in [-0.39, 0.29) is 17.4 Å². The molecule has 2 aromatic carbocycles. The normalized spacial score (nSPS) is 10.3. The Balaban J connectivity index is 1.61. The van der Waals surface area contributed by atoms with E-state index in [9.17, 15) is 9.18 Å². The maximum Gasteiger partial charge on any atom is 0.270 e. The van der Waals surface area contributed by atoms with Gasteiger partial charge in [-0.1, -0.05) is 24.3 Å². The van der Waals surface area contributed by atoms with E-state index >= 15 is 0 Å². The lowest BCUT2D eigenvalue weighted by Gasteiger charge is -2.11. The van der Waals surface area contributed by atoms with E-state index in [0.29, 0.717) is 35.8 Å². The maximum atomic E-state index is 13.7. The van der Waals surface area contributed by atoms with Crippen molar-refractivity contribution in [3.8, 4) is 11.5 Å². The van der Waals surface area contributed by atoms with Gasteiger partial charge in [-0.05, 0) is 35.9 Å². The van der Waals surface area contributed by atoms with Crippen LogP contribution in [0.25, 0.3) is 0 Å². The molecule has 7 heteroatoms. The van der Waals surface area contributed by atoms with E-state index in [1.165, 1.54) is 12.3 Å². The number of nitrogens with zero attached hydrogens (tertiary/aromatic N) is 1. The van der Waals surface area contributed by atoms with Crippen molar-refractivity contribution >= 4 is 11.6 Å². The minimum Gasteiger partial charge on any atom is -0.493 e. The van der Waals surface area contributed by atoms with Crippen LogP contribution in [0.1, 0.15) is 21.6 Å². The number of benzene rings is 2. The van der Waals surface area contributed by atoms with Gasteiger partial charge in [0.2, 0.25) is 0 Å². The van der Waals surface area contributed by atoms with Crippen molar-refractivity contribution in [2.24, 2.45) is 0 Å². The summed E-state index contributed by atoms with van der Waals surface area (Å²) in [6.45, 7) is 0.622. The first-order valence-electron chi connectivity index (χ1n) is 9.03. The molecule has 1 amide bonds. The van der Waals surface area contributed by atoms with E-state index in [0.717, 1.165) is 5.56 Å². The van der Waals surface area contributed by atoms with Crippen LogP contribution in [-0.2, 0) is 13.1 Å². The third-order valence-corrected chi connectivity index (χ3v) is 4.33. The smallest absolute Gasteiger partial charge is 0.270 e. The number of methoxy groups -OCH3 is 2. The van der Waals surface area contributed by atoms with Crippen molar-refractivity contribution in [3.05, 3.63) is 83.4 Å². The zero-order chi connectivity index (χ0) is 20.6. The third kappa shape index (κ3) is 5.22. The largest absolute Gasteiger partial charge is 0.493 e. The molecule has 1 heterocycles. The number of ether oxygens (including phenoxy) is 2. The zero-order valence-corrected chi connectivity index (χ0v) is 16.2. The molecule has 0 saturated heterocycles. The van der Waals surface area contributed by atoms with Gasteiger partial charge in [0, 0.05) is 30.5 Å². The molecule has 0 fully saturated rings. The Kier molecular flexibility index (Phi) is 6.63. The molecule has 3 aromatic rings. The Morgan fingerprint density at radius 3 is 2.55 bits per heavy atom. The molecule has 0 saturated carbocycles. The topological polar surface area (TPSA) is 72.5 Å². The van der Waals surface area contributed by atoms with Gasteiger partial charge in [0.25, 0.3) is 5.91 Å². The molecule has 3 rings (SSSR count). The van der Waals surface area contributed by atoms with Gasteiger partial charge in [0.15, 0.2) is 11.5 Å². The van der Waals surface area contributed by atoms with E-state index in [1.54, 1.807) is 56.7 Å². The monoisotopic (exact) mass is 395 g/mol. The molecular weight excluding hydrogens is 373 g/mol. The highest BCUT2D eigenvalue weighted by molar-refractivity contribution is 5.93. The quantitative estimate of drug-likeness (QED) is 0.607. The van der Waals surface area contributed by atoms with E-state index in [4.69, 9.17) is 9.47 Å². The average molecular weight is 395 g/mol. The van der Waals surface area contributed by atoms with Gasteiger partial charge in [-0.15, -0.1) is 0 Å². The van der Waals surface area contributed by atoms with Crippen molar-refractivity contribution in [1.82, 2.24) is 10.3 Å². The Bertz CT molecular complexity index is 995. The van der Waals surface area contributed by atoms with Gasteiger partial charge in [-0.3, -0.25) is 9.78 Å². The standard InChI is InChI=1S/C22H22FN3O3/c1-28-20-8-7-15(11-21(20)29-2)13-26-22(27)19-12-17(9-10-24-19)25-14-16-5-3-4-6-18(16)23/h3-12H,13-14H2,1-2H3,(H,24,25)(H,26,27). The van der Waals surface area contributed by atoms with E-state index in [1.807, 2.05) is 6.07 Å². The number of nitrogens with one attached hydrogen (secondary N) is 2. The summed E-state index contributed by atoms with van der Waals surface area (Å²) in [7, 11) is 3.13. The maximum absolute atomic E-state index is 13.7. The molecule has 150 valence electrons. The summed E-state index contributed by atoms with van der Waals surface area (Å²) >= 11 is 0. The highest BCUT2D eigenvalue weighted by atomic mass is 19.1. The molecule has 0 aliphatic rings. The Labute approximate surface area is 168 Å². The molecule has 0 atom stereocenters. The second-order valence-corrected chi connectivity index (χ2v) is 6.25. The lowest BCUT2D eigenvalue weighted by molar-refractivity contribution is 0.0946. The van der Waals surface area contributed by atoms with Crippen LogP contribution in [0.3, 0.4) is 0 Å². The molecule has 29 heavy (non-hydrogen) atoms. The number of aromatic nitrogens is 1. The lowest BCUT2D eigenvalue weighted by atomic mass is 10.2. The van der Waals surface area contributed by atoms with Crippen molar-refractivity contribution < 1.29 is 18.7 Å². The van der Waals surface area contributed by atoms with Crippen LogP contribution in [0.2, 0.25) is 0 Å². The summed E-state index contributed by atoms with van der Waals surface area (Å²) in [6, 6.07) is 15.3. The van der Waals surface area contributed by atoms with Crippen LogP contribution >= 0.6 is 0 Å². The molecule has 0 aliphatic carbocycles. The van der Waals surface area contributed by atoms with Gasteiger partial charge in [0.05, 0.1) is 14.2 Å². The summed E-state index contributed by atoms with van der Waals surface area (Å²) in [4.78, 5) is 16.6. The van der Waals surface area contributed by atoms with Crippen LogP contribution in [0.15, 0.2) is 60.8 Å². The number of amides is 1. The van der Waals surface area contributed by atoms with Crippen molar-refractivity contribution in [3.63, 3.8) is 0 Å². The van der Waals surface area contributed by atoms with Crippen LogP contribution in [-0.4, -0.2) is 25.1 Å². The molecule has 0 unspecified atom stereocenters. The highest BCUT2D eigenvalue weighted by Gasteiger charge is 2.10. The number of carbonyl (C=O) groups excluding carboxylic acids is 1. The number of halogens is 1. The Hall–Kier alpha value is -3.61. The van der Waals surface area contributed by atoms with Crippen LogP contribution in [0.4, 0.5) is 10.1 Å². The molecule has 2 N–H and O–H groups in total. The summed E-state index contributed by atoms with van der Waals surface area (Å²) in [6.07, 6.45) is 1.54. The van der Waals surface area contributed by atoms with Gasteiger partial charge < -0.3 is 20.1 Å². The van der Waals surface area contributed by atoms with Gasteiger partial charge in [-0.25, -0.2) is 4.39 Å². The molecular formula is C22H22FN3O3. The summed E-state index contributed by atoms with van der Waals surface area (Å²) in [5.74, 6) is 0.630. The molecule has 0 aliphatic heterocycles. The van der Waals surface area contributed by atoms with E-state index < -0.39 is 0 Å². The first-order chi connectivity index (χ1) is 14.1. The summed E-state index contributed by atoms with van der Waals surface area (Å²) in [5.41, 5.74) is 2.36. The predicted octanol–water partition coefficient (Wildman–Crippen LogP) is 3.78. The minimum atomic E-state index is -0.311. The van der Waals surface area contributed by atoms with Gasteiger partial charge in [-0.2, -0.15) is 0 Å². The second kappa shape index (κ2) is 9.54. The molecule has 1 aromatic heterocycles. The molecule has 6 nitrogen and oxygen atoms in total. The van der Waals surface area contributed by atoms with E-state index in [2.05, 4.69) is 15.6 Å². The van der Waals surface area contributed by atoms with Crippen molar-refractivity contribution in [1.29, 1.82) is 0 Å². The van der Waals surface area contributed by atoms with Crippen LogP contribution < -0.4 is 20.1 Å². The Morgan fingerprint density at radius 2 is 1.79 bits per heavy atom. The molecule has 0 radical (unpaired) electrons. The summed E-state index contributed by atoms with van der Waals surface area (Å²) in [5, 5.41) is 5.94. The number of rotatable bonds is 8. The Morgan fingerprint density at radius 1 is 1.00 bits per heavy atom. The van der Waals surface area contributed by atoms with Crippen molar-refractivity contribution in [2.45, 2.75) is 13.1 Å². The number of hydrogen-bond donors (Lipinski definition) is 2. The van der Waals surface area contributed by atoms with Gasteiger partial charge in [0.1, 0.15) is 11.5 Å². The first-order valence-corrected chi connectivity index (χ1v) is 9.03. The lowest BCUT2D eigenvalue weighted by Crippen LogP contribution is -2.24. The first kappa shape index (κ1) is 20.1. The molecule has 0 bridgehead atoms. The molecule has 0 spiro atoms. The third-order valence-electron chi connectivity index (χ3n) is 4.33. The number of hydrogen-bond acceptors (Lipinski definition) is 5. The van der Waals surface area contributed by atoms with Crippen molar-refractivity contribution in [2.75, 3.05) is 19.5 Å². The van der Waals surface area contributed by atoms with Crippen LogP contribution in [0.5, 0.6) is 11.5 Å². The summed E-state index contributed by atoms with van der Waals surface area (Å²) < 4.78 is 24.2. The fourth-order valence-corrected chi connectivity index (χ4v) is 2.77. The number of pyridine rings is 1. The average Bonchev–Trinajstić information content (AvgIpc) is 2.76. The second-order valence-electron chi connectivity index (χ2n) is 6.25. The fourth-order valence-electron chi connectivity index (χ4n) is 2.77. The fraction of sp³-hybridized carbons (Fsp3) is 0.182. The zero-order valence-electron chi connectivity index (χ0n) is 16.2. The minimum absolute atomic E-state index is 0.268. The highest BCUT2D eigenvalue weighted by Crippen LogP contribution is 2.27.